The van der Waals surface area contributed by atoms with Crippen molar-refractivity contribution in [3.63, 3.8) is 0 Å². The molecule has 0 atom stereocenters. The van der Waals surface area contributed by atoms with Gasteiger partial charge in [-0.1, -0.05) is 36.9 Å². The fraction of sp³-hybridized carbons (Fsp3) is 0.0909. The Kier molecular flexibility index (Phi) is 1.22. The van der Waals surface area contributed by atoms with Gasteiger partial charge in [-0.15, -0.1) is 0 Å². The average molecular weight is 142 g/mol. The third-order valence-corrected chi connectivity index (χ3v) is 2.09. The van der Waals surface area contributed by atoms with E-state index < -0.39 is 0 Å². The highest BCUT2D eigenvalue weighted by Crippen LogP contribution is 2.06. The Bertz CT molecular complexity index is 422. The fourth-order valence-corrected chi connectivity index (χ4v) is 1.54. The molecule has 1 aliphatic carbocycles. The molecule has 0 heteroatoms. The summed E-state index contributed by atoms with van der Waals surface area (Å²) in [7, 11) is 0. The van der Waals surface area contributed by atoms with E-state index in [4.69, 9.17) is 0 Å². The van der Waals surface area contributed by atoms with Crippen molar-refractivity contribution in [1.82, 2.24) is 0 Å². The van der Waals surface area contributed by atoms with E-state index in [0.717, 1.165) is 5.22 Å². The van der Waals surface area contributed by atoms with E-state index >= 15 is 0 Å². The van der Waals surface area contributed by atoms with Crippen LogP contribution in [-0.2, 0) is 0 Å². The van der Waals surface area contributed by atoms with E-state index in [1.807, 2.05) is 6.07 Å². The largest absolute Gasteiger partial charge is 0.0911 e. The minimum Gasteiger partial charge on any atom is -0.0911 e. The Morgan fingerprint density at radius 3 is 2.73 bits per heavy atom. The maximum Gasteiger partial charge on any atom is -0.00881 e. The number of fused-ring (bicyclic) bond motifs is 1. The molecule has 0 saturated heterocycles. The molecular weight excluding hydrogens is 132 g/mol. The molecule has 0 bridgehead atoms. The number of rotatable bonds is 0. The minimum atomic E-state index is 1.13. The zero-order valence-electron chi connectivity index (χ0n) is 6.59. The molecule has 0 radical (unpaired) electrons. The first-order chi connectivity index (χ1) is 5.29. The van der Waals surface area contributed by atoms with E-state index in [0.29, 0.717) is 0 Å². The molecule has 0 fully saturated rings. The van der Waals surface area contributed by atoms with Crippen molar-refractivity contribution >= 4 is 18.2 Å². The monoisotopic (exact) mass is 142 g/mol. The van der Waals surface area contributed by atoms with Gasteiger partial charge < -0.3 is 0 Å². The lowest BCUT2D eigenvalue weighted by molar-refractivity contribution is 1.48. The summed E-state index contributed by atoms with van der Waals surface area (Å²) in [5, 5.41) is 2.44. The standard InChI is InChI=1S/C11H10/c1-8-4-3-5-10-7-6-9(2)11(8)10/h3-7H,1H2,2H3. The molecule has 0 unspecified atom stereocenters. The maximum absolute atomic E-state index is 3.98. The summed E-state index contributed by atoms with van der Waals surface area (Å²) in [6.07, 6.45) is 4.28. The summed E-state index contributed by atoms with van der Waals surface area (Å²) >= 11 is 0. The minimum absolute atomic E-state index is 1.13. The van der Waals surface area contributed by atoms with Crippen LogP contribution in [0.4, 0.5) is 0 Å². The summed E-state index contributed by atoms with van der Waals surface area (Å²) in [6, 6.07) is 6.22. The second kappa shape index (κ2) is 2.09. The molecule has 1 aromatic carbocycles. The van der Waals surface area contributed by atoms with Crippen LogP contribution in [0.3, 0.4) is 0 Å². The van der Waals surface area contributed by atoms with Crippen molar-refractivity contribution in [2.24, 2.45) is 0 Å². The van der Waals surface area contributed by atoms with Crippen LogP contribution in [0.1, 0.15) is 12.5 Å². The Hall–Kier alpha value is -1.30. The molecule has 0 N–H and O–H groups in total. The van der Waals surface area contributed by atoms with Gasteiger partial charge in [0.2, 0.25) is 0 Å². The van der Waals surface area contributed by atoms with Crippen LogP contribution in [0.15, 0.2) is 24.3 Å². The molecule has 0 saturated carbocycles. The van der Waals surface area contributed by atoms with Crippen molar-refractivity contribution in [1.29, 1.82) is 0 Å². The number of hydrogen-bond donors (Lipinski definition) is 0. The van der Waals surface area contributed by atoms with Crippen molar-refractivity contribution < 1.29 is 0 Å². The summed E-state index contributed by atoms with van der Waals surface area (Å²) in [6.45, 7) is 6.10. The number of allylic oxidation sites excluding steroid dienone is 1. The lowest BCUT2D eigenvalue weighted by Gasteiger charge is -1.91. The second-order valence-electron chi connectivity index (χ2n) is 2.90. The van der Waals surface area contributed by atoms with Crippen LogP contribution in [0.2, 0.25) is 0 Å². The van der Waals surface area contributed by atoms with E-state index in [9.17, 15) is 0 Å². The molecule has 0 nitrogen and oxygen atoms in total. The molecule has 0 aromatic heterocycles. The first kappa shape index (κ1) is 6.41. The molecule has 11 heavy (non-hydrogen) atoms. The Labute approximate surface area is 66.2 Å². The van der Waals surface area contributed by atoms with E-state index in [1.165, 1.54) is 16.4 Å². The van der Waals surface area contributed by atoms with Gasteiger partial charge in [-0.05, 0) is 28.5 Å². The summed E-state index contributed by atoms with van der Waals surface area (Å²) in [5.41, 5.74) is 2.63. The van der Waals surface area contributed by atoms with Gasteiger partial charge in [0.1, 0.15) is 0 Å². The third-order valence-electron chi connectivity index (χ3n) is 2.09. The molecule has 0 heterocycles. The highest BCUT2D eigenvalue weighted by Gasteiger charge is 1.99. The highest BCUT2D eigenvalue weighted by molar-refractivity contribution is 5.74. The molecule has 2 rings (SSSR count). The van der Waals surface area contributed by atoms with Gasteiger partial charge in [0.05, 0.1) is 0 Å². The van der Waals surface area contributed by atoms with Gasteiger partial charge in [-0.2, -0.15) is 0 Å². The molecular formula is C11H10. The van der Waals surface area contributed by atoms with Crippen LogP contribution in [0, 0.1) is 0 Å². The first-order valence-corrected chi connectivity index (χ1v) is 3.76. The smallest absolute Gasteiger partial charge is 0.00881 e. The normalized spacial score (nSPS) is 13.7. The zero-order valence-corrected chi connectivity index (χ0v) is 6.59. The summed E-state index contributed by atoms with van der Waals surface area (Å²) in [5.74, 6) is 0. The second-order valence-corrected chi connectivity index (χ2v) is 2.90. The summed E-state index contributed by atoms with van der Waals surface area (Å²) < 4.78 is 0. The SMILES string of the molecule is C=c1cccc2c1=C(C)C=C2. The van der Waals surface area contributed by atoms with Gasteiger partial charge in [0, 0.05) is 0 Å². The fourth-order valence-electron chi connectivity index (χ4n) is 1.54. The predicted octanol–water partition coefficient (Wildman–Crippen LogP) is 1.29. The predicted molar refractivity (Wildman–Crippen MR) is 49.3 cm³/mol. The quantitative estimate of drug-likeness (QED) is 0.512. The zero-order chi connectivity index (χ0) is 7.84. The van der Waals surface area contributed by atoms with Crippen LogP contribution in [-0.4, -0.2) is 0 Å². The first-order valence-electron chi connectivity index (χ1n) is 3.76. The lowest BCUT2D eigenvalue weighted by Crippen LogP contribution is -2.25. The number of hydrogen-bond acceptors (Lipinski definition) is 0. The van der Waals surface area contributed by atoms with Crippen molar-refractivity contribution in [3.8, 4) is 0 Å². The topological polar surface area (TPSA) is 0 Å². The Morgan fingerprint density at radius 1 is 1.18 bits per heavy atom. The Balaban J connectivity index is 3.03. The summed E-state index contributed by atoms with van der Waals surface area (Å²) in [4.78, 5) is 0. The van der Waals surface area contributed by atoms with Crippen molar-refractivity contribution in [2.75, 3.05) is 0 Å². The van der Waals surface area contributed by atoms with Gasteiger partial charge in [-0.25, -0.2) is 0 Å². The van der Waals surface area contributed by atoms with Gasteiger partial charge in [0.15, 0.2) is 0 Å². The average Bonchev–Trinajstić information content (AvgIpc) is 2.34. The van der Waals surface area contributed by atoms with Gasteiger partial charge in [-0.3, -0.25) is 0 Å². The van der Waals surface area contributed by atoms with Crippen LogP contribution >= 0.6 is 0 Å². The molecule has 54 valence electrons. The number of benzene rings is 1. The molecule has 0 aliphatic heterocycles. The Morgan fingerprint density at radius 2 is 2.00 bits per heavy atom. The van der Waals surface area contributed by atoms with E-state index in [2.05, 4.69) is 37.8 Å². The molecule has 0 amide bonds. The van der Waals surface area contributed by atoms with Crippen molar-refractivity contribution in [2.45, 2.75) is 6.92 Å². The third kappa shape index (κ3) is 0.829. The van der Waals surface area contributed by atoms with Crippen LogP contribution in [0.25, 0.3) is 18.2 Å². The van der Waals surface area contributed by atoms with Crippen molar-refractivity contribution in [3.05, 3.63) is 40.3 Å². The van der Waals surface area contributed by atoms with Gasteiger partial charge in [0.25, 0.3) is 0 Å². The lowest BCUT2D eigenvalue weighted by atomic mass is 10.1. The van der Waals surface area contributed by atoms with E-state index in [-0.39, 0.29) is 0 Å². The van der Waals surface area contributed by atoms with Crippen LogP contribution in [0.5, 0.6) is 0 Å². The molecule has 1 aliphatic rings. The van der Waals surface area contributed by atoms with E-state index in [1.54, 1.807) is 0 Å². The maximum atomic E-state index is 3.98. The highest BCUT2D eigenvalue weighted by atomic mass is 14.0. The van der Waals surface area contributed by atoms with Crippen LogP contribution < -0.4 is 10.4 Å². The molecule has 1 aromatic rings. The molecule has 0 spiro atoms. The van der Waals surface area contributed by atoms with Gasteiger partial charge >= 0.3 is 0 Å².